The van der Waals surface area contributed by atoms with Crippen LogP contribution in [0.15, 0.2) is 29.2 Å². The average molecular weight is 299 g/mol. The minimum Gasteiger partial charge on any atom is -0.351 e. The van der Waals surface area contributed by atoms with Crippen molar-refractivity contribution in [1.29, 1.82) is 0 Å². The fourth-order valence-corrected chi connectivity index (χ4v) is 3.76. The van der Waals surface area contributed by atoms with E-state index in [1.165, 1.54) is 23.3 Å². The lowest BCUT2D eigenvalue weighted by atomic mass is 10.00. The standard InChI is InChI=1S/C14H18N2OS.ClH/c15-7-12(9-5-6-9)16-14(17)11-8-18-13-4-2-1-3-10(11)13;/h1-4,9,11-12H,5-8,15H2,(H,16,17);1H. The molecule has 0 spiro atoms. The van der Waals surface area contributed by atoms with Gasteiger partial charge in [-0.05, 0) is 30.4 Å². The molecule has 1 saturated carbocycles. The number of halogens is 1. The largest absolute Gasteiger partial charge is 0.351 e. The van der Waals surface area contributed by atoms with Gasteiger partial charge in [-0.3, -0.25) is 4.79 Å². The molecule has 19 heavy (non-hydrogen) atoms. The fraction of sp³-hybridized carbons (Fsp3) is 0.500. The van der Waals surface area contributed by atoms with Crippen molar-refractivity contribution in [3.63, 3.8) is 0 Å². The van der Waals surface area contributed by atoms with E-state index in [2.05, 4.69) is 17.4 Å². The molecule has 1 aliphatic heterocycles. The van der Waals surface area contributed by atoms with Gasteiger partial charge in [-0.25, -0.2) is 0 Å². The Morgan fingerprint density at radius 2 is 2.16 bits per heavy atom. The molecule has 1 aromatic rings. The van der Waals surface area contributed by atoms with E-state index in [-0.39, 0.29) is 30.3 Å². The summed E-state index contributed by atoms with van der Waals surface area (Å²) in [4.78, 5) is 13.6. The number of hydrogen-bond acceptors (Lipinski definition) is 3. The monoisotopic (exact) mass is 298 g/mol. The summed E-state index contributed by atoms with van der Waals surface area (Å²) in [5, 5.41) is 3.13. The predicted molar refractivity (Wildman–Crippen MR) is 80.9 cm³/mol. The maximum absolute atomic E-state index is 12.3. The van der Waals surface area contributed by atoms with Gasteiger partial charge in [-0.1, -0.05) is 18.2 Å². The molecule has 0 saturated heterocycles. The Morgan fingerprint density at radius 3 is 2.84 bits per heavy atom. The summed E-state index contributed by atoms with van der Waals surface area (Å²) in [5.74, 6) is 1.62. The molecular formula is C14H19ClN2OS. The molecule has 3 N–H and O–H groups in total. The van der Waals surface area contributed by atoms with E-state index >= 15 is 0 Å². The van der Waals surface area contributed by atoms with Gasteiger partial charge in [0.2, 0.25) is 5.91 Å². The molecule has 3 nitrogen and oxygen atoms in total. The van der Waals surface area contributed by atoms with Gasteiger partial charge >= 0.3 is 0 Å². The molecule has 1 heterocycles. The minimum absolute atomic E-state index is 0. The first-order valence-corrected chi connectivity index (χ1v) is 7.50. The summed E-state index contributed by atoms with van der Waals surface area (Å²) in [6.07, 6.45) is 2.41. The summed E-state index contributed by atoms with van der Waals surface area (Å²) in [5.41, 5.74) is 6.91. The number of fused-ring (bicyclic) bond motifs is 1. The topological polar surface area (TPSA) is 55.1 Å². The molecule has 2 aliphatic rings. The van der Waals surface area contributed by atoms with Crippen LogP contribution < -0.4 is 11.1 Å². The first-order chi connectivity index (χ1) is 8.79. The van der Waals surface area contributed by atoms with E-state index in [1.807, 2.05) is 12.1 Å². The molecule has 5 heteroatoms. The Bertz CT molecular complexity index is 465. The SMILES string of the molecule is Cl.NCC(NC(=O)C1CSc2ccccc21)C1CC1. The van der Waals surface area contributed by atoms with Gasteiger partial charge in [0.15, 0.2) is 0 Å². The second kappa shape index (κ2) is 6.16. The maximum atomic E-state index is 12.3. The van der Waals surface area contributed by atoms with Crippen molar-refractivity contribution in [3.8, 4) is 0 Å². The third-order valence-corrected chi connectivity index (χ3v) is 4.97. The molecule has 1 fully saturated rings. The zero-order chi connectivity index (χ0) is 12.5. The zero-order valence-electron chi connectivity index (χ0n) is 10.7. The molecular weight excluding hydrogens is 280 g/mol. The number of nitrogens with two attached hydrogens (primary N) is 1. The lowest BCUT2D eigenvalue weighted by Crippen LogP contribution is -2.43. The molecule has 0 radical (unpaired) electrons. The molecule has 104 valence electrons. The normalized spacial score (nSPS) is 22.3. The number of rotatable bonds is 4. The summed E-state index contributed by atoms with van der Waals surface area (Å²) >= 11 is 1.77. The van der Waals surface area contributed by atoms with Crippen molar-refractivity contribution in [3.05, 3.63) is 29.8 Å². The van der Waals surface area contributed by atoms with Crippen LogP contribution in [0.3, 0.4) is 0 Å². The van der Waals surface area contributed by atoms with Gasteiger partial charge < -0.3 is 11.1 Å². The zero-order valence-corrected chi connectivity index (χ0v) is 12.3. The summed E-state index contributed by atoms with van der Waals surface area (Å²) in [6, 6.07) is 8.36. The minimum atomic E-state index is -0.000926. The summed E-state index contributed by atoms with van der Waals surface area (Å²) in [7, 11) is 0. The van der Waals surface area contributed by atoms with Gasteiger partial charge in [-0.2, -0.15) is 0 Å². The van der Waals surface area contributed by atoms with Gasteiger partial charge in [-0.15, -0.1) is 24.2 Å². The molecule has 2 unspecified atom stereocenters. The first-order valence-electron chi connectivity index (χ1n) is 6.51. The van der Waals surface area contributed by atoms with Crippen molar-refractivity contribution in [2.75, 3.05) is 12.3 Å². The van der Waals surface area contributed by atoms with E-state index in [4.69, 9.17) is 5.73 Å². The van der Waals surface area contributed by atoms with Gasteiger partial charge in [0.1, 0.15) is 0 Å². The third kappa shape index (κ3) is 3.07. The van der Waals surface area contributed by atoms with Crippen LogP contribution in [0.25, 0.3) is 0 Å². The van der Waals surface area contributed by atoms with E-state index < -0.39 is 0 Å². The number of carbonyl (C=O) groups is 1. The molecule has 3 rings (SSSR count). The van der Waals surface area contributed by atoms with Gasteiger partial charge in [0.25, 0.3) is 0 Å². The molecule has 1 amide bonds. The van der Waals surface area contributed by atoms with Crippen LogP contribution in [0.5, 0.6) is 0 Å². The Balaban J connectivity index is 0.00000133. The molecule has 1 aliphatic carbocycles. The molecule has 1 aromatic carbocycles. The highest BCUT2D eigenvalue weighted by Crippen LogP contribution is 2.40. The molecule has 0 bridgehead atoms. The predicted octanol–water partition coefficient (Wildman–Crippen LogP) is 2.15. The Labute approximate surface area is 124 Å². The number of thioether (sulfide) groups is 1. The first kappa shape index (κ1) is 14.7. The highest BCUT2D eigenvalue weighted by atomic mass is 35.5. The Morgan fingerprint density at radius 1 is 1.42 bits per heavy atom. The number of amides is 1. The number of hydrogen-bond donors (Lipinski definition) is 2. The van der Waals surface area contributed by atoms with Crippen LogP contribution in [-0.4, -0.2) is 24.2 Å². The Kier molecular flexibility index (Phi) is 4.76. The number of benzene rings is 1. The highest BCUT2D eigenvalue weighted by molar-refractivity contribution is 7.99. The van der Waals surface area contributed by atoms with Gasteiger partial charge in [0.05, 0.1) is 5.92 Å². The van der Waals surface area contributed by atoms with Crippen molar-refractivity contribution in [2.45, 2.75) is 29.7 Å². The molecule has 0 aromatic heterocycles. The van der Waals surface area contributed by atoms with Crippen LogP contribution in [-0.2, 0) is 4.79 Å². The van der Waals surface area contributed by atoms with Crippen LogP contribution in [0.1, 0.15) is 24.3 Å². The Hall–Kier alpha value is -0.710. The average Bonchev–Trinajstić information content (AvgIpc) is 3.14. The van der Waals surface area contributed by atoms with Crippen LogP contribution >= 0.6 is 24.2 Å². The van der Waals surface area contributed by atoms with Crippen molar-refractivity contribution in [2.24, 2.45) is 11.7 Å². The van der Waals surface area contributed by atoms with Crippen molar-refractivity contribution >= 4 is 30.1 Å². The van der Waals surface area contributed by atoms with E-state index in [1.54, 1.807) is 11.8 Å². The van der Waals surface area contributed by atoms with Crippen molar-refractivity contribution in [1.82, 2.24) is 5.32 Å². The quantitative estimate of drug-likeness (QED) is 0.895. The number of nitrogens with one attached hydrogen (secondary N) is 1. The van der Waals surface area contributed by atoms with Crippen LogP contribution in [0.2, 0.25) is 0 Å². The van der Waals surface area contributed by atoms with Crippen molar-refractivity contribution < 1.29 is 4.79 Å². The molecule has 2 atom stereocenters. The third-order valence-electron chi connectivity index (χ3n) is 3.79. The lowest BCUT2D eigenvalue weighted by molar-refractivity contribution is -0.122. The fourth-order valence-electron chi connectivity index (χ4n) is 2.53. The smallest absolute Gasteiger partial charge is 0.228 e. The van der Waals surface area contributed by atoms with E-state index in [0.717, 1.165) is 5.75 Å². The van der Waals surface area contributed by atoms with Gasteiger partial charge in [0, 0.05) is 23.2 Å². The van der Waals surface area contributed by atoms with Crippen LogP contribution in [0.4, 0.5) is 0 Å². The second-order valence-corrected chi connectivity index (χ2v) is 6.15. The lowest BCUT2D eigenvalue weighted by Gasteiger charge is -2.19. The summed E-state index contributed by atoms with van der Waals surface area (Å²) < 4.78 is 0. The highest BCUT2D eigenvalue weighted by Gasteiger charge is 2.35. The number of carbonyl (C=O) groups excluding carboxylic acids is 1. The van der Waals surface area contributed by atoms with E-state index in [9.17, 15) is 4.79 Å². The second-order valence-electron chi connectivity index (χ2n) is 5.09. The van der Waals surface area contributed by atoms with Crippen LogP contribution in [0, 0.1) is 5.92 Å². The summed E-state index contributed by atoms with van der Waals surface area (Å²) in [6.45, 7) is 0.553. The van der Waals surface area contributed by atoms with E-state index in [0.29, 0.717) is 12.5 Å². The maximum Gasteiger partial charge on any atom is 0.228 e.